The lowest BCUT2D eigenvalue weighted by Crippen LogP contribution is -2.65. The van der Waals surface area contributed by atoms with Gasteiger partial charge in [0.2, 0.25) is 0 Å². The first-order valence-electron chi connectivity index (χ1n) is 4.02. The fraction of sp³-hybridized carbons (Fsp3) is 0.714. The number of hydrogen-bond donors (Lipinski definition) is 2. The first-order chi connectivity index (χ1) is 7.19. The van der Waals surface area contributed by atoms with Crippen LogP contribution in [0.3, 0.4) is 0 Å². The molecule has 0 rings (SSSR count). The Hall–Kier alpha value is -1.38. The molecule has 0 aliphatic carbocycles. The molecule has 0 heterocycles. The zero-order chi connectivity index (χ0) is 13.0. The third kappa shape index (κ3) is 3.05. The van der Waals surface area contributed by atoms with Gasteiger partial charge >= 0.3 is 17.9 Å². The molecule has 0 fully saturated rings. The second-order valence-corrected chi connectivity index (χ2v) is 2.61. The molecular weight excluding hydrogens is 238 g/mol. The summed E-state index contributed by atoms with van der Waals surface area (Å²) in [4.78, 5) is 21.3. The van der Waals surface area contributed by atoms with Crippen molar-refractivity contribution in [1.29, 1.82) is 0 Å². The number of nitrogens with one attached hydrogen (secondary N) is 1. The lowest BCUT2D eigenvalue weighted by Gasteiger charge is -2.28. The fourth-order valence-electron chi connectivity index (χ4n) is 0.708. The van der Waals surface area contributed by atoms with E-state index in [0.717, 1.165) is 5.32 Å². The molecule has 0 spiro atoms. The molecule has 5 nitrogen and oxygen atoms in total. The smallest absolute Gasteiger partial charge is 0.448 e. The van der Waals surface area contributed by atoms with Gasteiger partial charge in [0, 0.05) is 0 Å². The summed E-state index contributed by atoms with van der Waals surface area (Å²) in [5.74, 6) is -3.91. The van der Waals surface area contributed by atoms with Crippen molar-refractivity contribution < 1.29 is 37.0 Å². The minimum absolute atomic E-state index is 0.442. The Morgan fingerprint density at radius 1 is 1.38 bits per heavy atom. The maximum absolute atomic E-state index is 12.3. The maximum Gasteiger partial charge on any atom is 0.448 e. The number of ether oxygens (including phenoxy) is 1. The Kier molecular flexibility index (Phi) is 4.66. The van der Waals surface area contributed by atoms with Gasteiger partial charge in [-0.1, -0.05) is 0 Å². The number of hydrogen-bond acceptors (Lipinski definition) is 4. The van der Waals surface area contributed by atoms with Crippen molar-refractivity contribution in [2.45, 2.75) is 18.8 Å². The van der Waals surface area contributed by atoms with Crippen LogP contribution in [-0.2, 0) is 14.3 Å². The van der Waals surface area contributed by atoms with Gasteiger partial charge in [-0.25, -0.2) is 9.18 Å². The summed E-state index contributed by atoms with van der Waals surface area (Å²) >= 11 is 0. The van der Waals surface area contributed by atoms with Crippen molar-refractivity contribution in [2.24, 2.45) is 0 Å². The molecular formula is C7H9F4NO4. The van der Waals surface area contributed by atoms with Crippen molar-refractivity contribution in [2.75, 3.05) is 13.3 Å². The summed E-state index contributed by atoms with van der Waals surface area (Å²) in [5.41, 5.74) is -4.23. The van der Waals surface area contributed by atoms with E-state index in [1.807, 2.05) is 0 Å². The first kappa shape index (κ1) is 14.6. The first-order valence-corrected chi connectivity index (χ1v) is 4.02. The lowest BCUT2D eigenvalue weighted by atomic mass is 10.2. The zero-order valence-electron chi connectivity index (χ0n) is 8.10. The van der Waals surface area contributed by atoms with Crippen LogP contribution in [0.2, 0.25) is 0 Å². The number of carbonyl (C=O) groups is 2. The van der Waals surface area contributed by atoms with Gasteiger partial charge in [-0.2, -0.15) is 13.2 Å². The number of esters is 1. The highest BCUT2D eigenvalue weighted by atomic mass is 19.4. The number of rotatable bonds is 4. The van der Waals surface area contributed by atoms with Crippen molar-refractivity contribution in [3.8, 4) is 0 Å². The van der Waals surface area contributed by atoms with Crippen molar-refractivity contribution in [3.63, 3.8) is 0 Å². The average Bonchev–Trinajstić information content (AvgIpc) is 2.16. The van der Waals surface area contributed by atoms with Crippen LogP contribution in [0.5, 0.6) is 0 Å². The van der Waals surface area contributed by atoms with Gasteiger partial charge in [-0.15, -0.1) is 0 Å². The largest absolute Gasteiger partial charge is 0.462 e. The maximum atomic E-state index is 12.3. The summed E-state index contributed by atoms with van der Waals surface area (Å²) in [7, 11) is 0. The minimum Gasteiger partial charge on any atom is -0.462 e. The van der Waals surface area contributed by atoms with Gasteiger partial charge in [0.15, 0.2) is 6.67 Å². The Morgan fingerprint density at radius 3 is 2.19 bits per heavy atom. The molecule has 1 atom stereocenters. The Morgan fingerprint density at radius 2 is 1.88 bits per heavy atom. The third-order valence-electron chi connectivity index (χ3n) is 1.42. The zero-order valence-corrected chi connectivity index (χ0v) is 8.10. The summed E-state index contributed by atoms with van der Waals surface area (Å²) in [6.45, 7) is -1.05. The topological polar surface area (TPSA) is 75.6 Å². The van der Waals surface area contributed by atoms with Crippen molar-refractivity contribution >= 4 is 11.9 Å². The van der Waals surface area contributed by atoms with Crippen LogP contribution in [0.25, 0.3) is 0 Å². The van der Waals surface area contributed by atoms with Crippen LogP contribution in [0, 0.1) is 0 Å². The summed E-state index contributed by atoms with van der Waals surface area (Å²) < 4.78 is 52.5. The monoisotopic (exact) mass is 247 g/mol. The van der Waals surface area contributed by atoms with E-state index in [2.05, 4.69) is 4.74 Å². The van der Waals surface area contributed by atoms with E-state index in [1.165, 1.54) is 6.92 Å². The van der Waals surface area contributed by atoms with Gasteiger partial charge in [0.25, 0.3) is 5.91 Å². The Bertz CT molecular complexity index is 280. The summed E-state index contributed by atoms with van der Waals surface area (Å²) in [5, 5.41) is 9.76. The molecule has 0 saturated heterocycles. The van der Waals surface area contributed by atoms with E-state index in [-0.39, 0.29) is 0 Å². The van der Waals surface area contributed by atoms with E-state index in [1.54, 1.807) is 0 Å². The highest BCUT2D eigenvalue weighted by Crippen LogP contribution is 2.29. The molecule has 9 heteroatoms. The number of aliphatic hydroxyl groups is 1. The van der Waals surface area contributed by atoms with Gasteiger partial charge in [-0.3, -0.25) is 4.79 Å². The van der Waals surface area contributed by atoms with Crippen LogP contribution < -0.4 is 5.32 Å². The Labute approximate surface area is 87.4 Å². The standard InChI is InChI=1S/C7H9F4NO4/c1-2-16-5(14)6(15,7(9,10)11)12-4(13)3-8/h15H,2-3H2,1H3,(H,12,13)/t6-/m0/s1. The van der Waals surface area contributed by atoms with Gasteiger partial charge < -0.3 is 15.2 Å². The molecule has 1 amide bonds. The predicted octanol–water partition coefficient (Wildman–Crippen LogP) is -0.114. The van der Waals surface area contributed by atoms with Crippen molar-refractivity contribution in [1.82, 2.24) is 5.32 Å². The molecule has 0 bridgehead atoms. The summed E-state index contributed by atoms with van der Waals surface area (Å²) in [6, 6.07) is 0. The second kappa shape index (κ2) is 5.10. The van der Waals surface area contributed by atoms with Crippen LogP contribution in [0.4, 0.5) is 17.6 Å². The highest BCUT2D eigenvalue weighted by Gasteiger charge is 2.62. The molecule has 0 aromatic heterocycles. The van der Waals surface area contributed by atoms with Crippen molar-refractivity contribution in [3.05, 3.63) is 0 Å². The van der Waals surface area contributed by atoms with E-state index >= 15 is 0 Å². The lowest BCUT2D eigenvalue weighted by molar-refractivity contribution is -0.271. The number of amides is 1. The molecule has 0 aromatic carbocycles. The fourth-order valence-corrected chi connectivity index (χ4v) is 0.708. The van der Waals surface area contributed by atoms with Gasteiger partial charge in [-0.05, 0) is 6.92 Å². The summed E-state index contributed by atoms with van der Waals surface area (Å²) in [6.07, 6.45) is -5.51. The minimum atomic E-state index is -5.51. The molecule has 0 aliphatic rings. The van der Waals surface area contributed by atoms with Gasteiger partial charge in [0.05, 0.1) is 6.61 Å². The predicted molar refractivity (Wildman–Crippen MR) is 41.8 cm³/mol. The van der Waals surface area contributed by atoms with Crippen LogP contribution >= 0.6 is 0 Å². The second-order valence-electron chi connectivity index (χ2n) is 2.61. The highest BCUT2D eigenvalue weighted by molar-refractivity contribution is 5.87. The van der Waals surface area contributed by atoms with E-state index in [4.69, 9.17) is 5.11 Å². The molecule has 16 heavy (non-hydrogen) atoms. The van der Waals surface area contributed by atoms with E-state index in [9.17, 15) is 27.2 Å². The molecule has 0 unspecified atom stereocenters. The SMILES string of the molecule is CCOC(=O)[C@@](O)(NC(=O)CF)C(F)(F)F. The van der Waals surface area contributed by atoms with E-state index in [0.29, 0.717) is 0 Å². The van der Waals surface area contributed by atoms with E-state index < -0.39 is 37.1 Å². The molecule has 0 radical (unpaired) electrons. The molecule has 2 N–H and O–H groups in total. The molecule has 0 aliphatic heterocycles. The average molecular weight is 247 g/mol. The van der Waals surface area contributed by atoms with Crippen LogP contribution in [-0.4, -0.2) is 42.2 Å². The third-order valence-corrected chi connectivity index (χ3v) is 1.42. The normalized spacial score (nSPS) is 15.1. The van der Waals surface area contributed by atoms with Crippen LogP contribution in [0.1, 0.15) is 6.92 Å². The van der Waals surface area contributed by atoms with Gasteiger partial charge in [0.1, 0.15) is 0 Å². The number of alkyl halides is 4. The quantitative estimate of drug-likeness (QED) is 0.413. The molecule has 0 saturated carbocycles. The Balaban J connectivity index is 5.04. The van der Waals surface area contributed by atoms with Crippen LogP contribution in [0.15, 0.2) is 0 Å². The number of carbonyl (C=O) groups excluding carboxylic acids is 2. The molecule has 0 aromatic rings. The molecule has 94 valence electrons. The number of halogens is 4.